The lowest BCUT2D eigenvalue weighted by molar-refractivity contribution is -0.120. The summed E-state index contributed by atoms with van der Waals surface area (Å²) in [5.41, 5.74) is 5.48. The Morgan fingerprint density at radius 1 is 1.21 bits per heavy atom. The van der Waals surface area contributed by atoms with E-state index in [1.165, 1.54) is 17.0 Å². The molecular formula is C17H23N3O4. The summed E-state index contributed by atoms with van der Waals surface area (Å²) in [4.78, 5) is 37.2. The fraction of sp³-hybridized carbons (Fsp3) is 0.471. The Hall–Kier alpha value is -2.57. The lowest BCUT2D eigenvalue weighted by Crippen LogP contribution is -2.45. The van der Waals surface area contributed by atoms with Gasteiger partial charge in [0.15, 0.2) is 0 Å². The number of nitrogens with zero attached hydrogens (tertiary/aromatic N) is 1. The fourth-order valence-corrected chi connectivity index (χ4v) is 2.52. The molecule has 130 valence electrons. The van der Waals surface area contributed by atoms with Gasteiger partial charge in [0.25, 0.3) is 0 Å². The van der Waals surface area contributed by atoms with Crippen LogP contribution in [0.3, 0.4) is 0 Å². The molecule has 1 aromatic rings. The van der Waals surface area contributed by atoms with E-state index in [2.05, 4.69) is 5.32 Å². The Labute approximate surface area is 141 Å². The third kappa shape index (κ3) is 4.47. The van der Waals surface area contributed by atoms with Crippen molar-refractivity contribution < 1.29 is 19.1 Å². The maximum absolute atomic E-state index is 12.5. The van der Waals surface area contributed by atoms with Crippen LogP contribution in [0.1, 0.15) is 44.0 Å². The van der Waals surface area contributed by atoms with Crippen molar-refractivity contribution in [2.75, 3.05) is 11.9 Å². The Morgan fingerprint density at radius 2 is 1.83 bits per heavy atom. The average Bonchev–Trinajstić information content (AvgIpc) is 2.95. The van der Waals surface area contributed by atoms with E-state index in [1.54, 1.807) is 32.9 Å². The van der Waals surface area contributed by atoms with E-state index >= 15 is 0 Å². The summed E-state index contributed by atoms with van der Waals surface area (Å²) in [6.45, 7) is 5.86. The van der Waals surface area contributed by atoms with Crippen molar-refractivity contribution in [3.63, 3.8) is 0 Å². The number of hydrogen-bond donors (Lipinski definition) is 2. The molecule has 0 radical (unpaired) electrons. The first-order valence-corrected chi connectivity index (χ1v) is 7.88. The van der Waals surface area contributed by atoms with Crippen LogP contribution in [0.2, 0.25) is 0 Å². The average molecular weight is 333 g/mol. The van der Waals surface area contributed by atoms with Gasteiger partial charge in [0.2, 0.25) is 11.8 Å². The van der Waals surface area contributed by atoms with Gasteiger partial charge in [0.05, 0.1) is 0 Å². The highest BCUT2D eigenvalue weighted by Gasteiger charge is 2.36. The van der Waals surface area contributed by atoms with Crippen molar-refractivity contribution in [1.82, 2.24) is 4.90 Å². The van der Waals surface area contributed by atoms with Crippen LogP contribution in [0.15, 0.2) is 24.3 Å². The number of nitrogens with one attached hydrogen (secondary N) is 1. The molecule has 3 N–H and O–H groups in total. The van der Waals surface area contributed by atoms with Gasteiger partial charge in [-0.05, 0) is 57.9 Å². The smallest absolute Gasteiger partial charge is 0.410 e. The van der Waals surface area contributed by atoms with E-state index in [1.807, 2.05) is 0 Å². The van der Waals surface area contributed by atoms with E-state index in [0.717, 1.165) is 6.42 Å². The molecule has 1 atom stereocenters. The zero-order valence-electron chi connectivity index (χ0n) is 14.2. The highest BCUT2D eigenvalue weighted by molar-refractivity contribution is 5.98. The molecule has 1 unspecified atom stereocenters. The second-order valence-electron chi connectivity index (χ2n) is 6.76. The lowest BCUT2D eigenvalue weighted by Gasteiger charge is -2.28. The predicted molar refractivity (Wildman–Crippen MR) is 89.6 cm³/mol. The van der Waals surface area contributed by atoms with Gasteiger partial charge in [-0.3, -0.25) is 14.5 Å². The molecule has 24 heavy (non-hydrogen) atoms. The number of primary amides is 1. The van der Waals surface area contributed by atoms with Crippen LogP contribution in [-0.2, 0) is 9.53 Å². The van der Waals surface area contributed by atoms with Crippen molar-refractivity contribution in [3.8, 4) is 0 Å². The first-order valence-electron chi connectivity index (χ1n) is 7.88. The highest BCUT2D eigenvalue weighted by atomic mass is 16.6. The van der Waals surface area contributed by atoms with Crippen molar-refractivity contribution in [2.24, 2.45) is 5.73 Å². The number of hydrogen-bond acceptors (Lipinski definition) is 4. The molecule has 1 aliphatic rings. The lowest BCUT2D eigenvalue weighted by atomic mass is 10.1. The Bertz CT molecular complexity index is 634. The summed E-state index contributed by atoms with van der Waals surface area (Å²) in [5, 5.41) is 2.76. The molecule has 1 aliphatic heterocycles. The van der Waals surface area contributed by atoms with Gasteiger partial charge < -0.3 is 15.8 Å². The topological polar surface area (TPSA) is 102 Å². The summed E-state index contributed by atoms with van der Waals surface area (Å²) >= 11 is 0. The van der Waals surface area contributed by atoms with Crippen LogP contribution >= 0.6 is 0 Å². The van der Waals surface area contributed by atoms with Gasteiger partial charge >= 0.3 is 6.09 Å². The van der Waals surface area contributed by atoms with Gasteiger partial charge in [0.1, 0.15) is 11.6 Å². The van der Waals surface area contributed by atoms with Crippen LogP contribution in [0, 0.1) is 0 Å². The third-order valence-electron chi connectivity index (χ3n) is 3.62. The monoisotopic (exact) mass is 333 g/mol. The maximum Gasteiger partial charge on any atom is 0.410 e. The number of ether oxygens (including phenoxy) is 1. The van der Waals surface area contributed by atoms with Crippen LogP contribution in [0.4, 0.5) is 10.5 Å². The second kappa shape index (κ2) is 6.90. The molecule has 7 heteroatoms. The second-order valence-corrected chi connectivity index (χ2v) is 6.76. The molecule has 1 saturated heterocycles. The molecule has 1 aromatic carbocycles. The predicted octanol–water partition coefficient (Wildman–Crippen LogP) is 2.12. The summed E-state index contributed by atoms with van der Waals surface area (Å²) < 4.78 is 5.35. The van der Waals surface area contributed by atoms with Crippen molar-refractivity contribution in [3.05, 3.63) is 29.8 Å². The maximum atomic E-state index is 12.5. The molecule has 7 nitrogen and oxygen atoms in total. The summed E-state index contributed by atoms with van der Waals surface area (Å²) in [5.74, 6) is -0.801. The molecule has 1 fully saturated rings. The molecule has 0 spiro atoms. The number of rotatable bonds is 3. The van der Waals surface area contributed by atoms with Gasteiger partial charge in [-0.15, -0.1) is 0 Å². The molecule has 1 heterocycles. The Morgan fingerprint density at radius 3 is 2.38 bits per heavy atom. The standard InChI is InChI=1S/C17H23N3O4/c1-17(2,3)24-16(23)20-10-4-5-13(20)15(22)19-12-8-6-11(7-9-12)14(18)21/h6-9,13H,4-5,10H2,1-3H3,(H2,18,21)(H,19,22). The molecule has 0 bridgehead atoms. The number of likely N-dealkylation sites (tertiary alicyclic amines) is 1. The number of anilines is 1. The minimum atomic E-state index is -0.606. The first kappa shape index (κ1) is 17.8. The minimum Gasteiger partial charge on any atom is -0.444 e. The fourth-order valence-electron chi connectivity index (χ4n) is 2.52. The number of carbonyl (C=O) groups is 3. The van der Waals surface area contributed by atoms with Gasteiger partial charge in [-0.25, -0.2) is 4.79 Å². The van der Waals surface area contributed by atoms with Crippen molar-refractivity contribution in [1.29, 1.82) is 0 Å². The van der Waals surface area contributed by atoms with Crippen LogP contribution < -0.4 is 11.1 Å². The zero-order valence-corrected chi connectivity index (χ0v) is 14.2. The number of amides is 3. The van der Waals surface area contributed by atoms with E-state index < -0.39 is 23.6 Å². The van der Waals surface area contributed by atoms with Gasteiger partial charge in [0, 0.05) is 17.8 Å². The molecule has 2 rings (SSSR count). The van der Waals surface area contributed by atoms with E-state index in [9.17, 15) is 14.4 Å². The SMILES string of the molecule is CC(C)(C)OC(=O)N1CCCC1C(=O)Nc1ccc(C(N)=O)cc1. The van der Waals surface area contributed by atoms with Crippen molar-refractivity contribution >= 4 is 23.6 Å². The molecule has 0 aromatic heterocycles. The van der Waals surface area contributed by atoms with Crippen molar-refractivity contribution in [2.45, 2.75) is 45.3 Å². The third-order valence-corrected chi connectivity index (χ3v) is 3.62. The summed E-state index contributed by atoms with van der Waals surface area (Å²) in [6.07, 6.45) is 0.854. The highest BCUT2D eigenvalue weighted by Crippen LogP contribution is 2.22. The van der Waals surface area contributed by atoms with E-state index in [-0.39, 0.29) is 5.91 Å². The minimum absolute atomic E-state index is 0.273. The van der Waals surface area contributed by atoms with Gasteiger partial charge in [-0.1, -0.05) is 0 Å². The van der Waals surface area contributed by atoms with Gasteiger partial charge in [-0.2, -0.15) is 0 Å². The van der Waals surface area contributed by atoms with E-state index in [4.69, 9.17) is 10.5 Å². The largest absolute Gasteiger partial charge is 0.444 e. The summed E-state index contributed by atoms with van der Waals surface area (Å²) in [6, 6.07) is 5.72. The summed E-state index contributed by atoms with van der Waals surface area (Å²) in [7, 11) is 0. The van der Waals surface area contributed by atoms with Crippen LogP contribution in [-0.4, -0.2) is 41.0 Å². The molecule has 3 amide bonds. The number of nitrogens with two attached hydrogens (primary N) is 1. The van der Waals surface area contributed by atoms with Crippen LogP contribution in [0.5, 0.6) is 0 Å². The molecule has 0 aliphatic carbocycles. The zero-order chi connectivity index (χ0) is 17.9. The first-order chi connectivity index (χ1) is 11.2. The normalized spacial score (nSPS) is 17.5. The molecule has 0 saturated carbocycles. The quantitative estimate of drug-likeness (QED) is 0.884. The van der Waals surface area contributed by atoms with Crippen LogP contribution in [0.25, 0.3) is 0 Å². The molecular weight excluding hydrogens is 310 g/mol. The number of benzene rings is 1. The van der Waals surface area contributed by atoms with E-state index in [0.29, 0.717) is 24.2 Å². The Kier molecular flexibility index (Phi) is 5.11. The Balaban J connectivity index is 2.02. The number of carbonyl (C=O) groups excluding carboxylic acids is 3.